The molecule has 5 nitrogen and oxygen atoms in total. The van der Waals surface area contributed by atoms with Crippen molar-refractivity contribution in [3.05, 3.63) is 18.0 Å². The zero-order valence-corrected chi connectivity index (χ0v) is 8.66. The van der Waals surface area contributed by atoms with Gasteiger partial charge in [-0.05, 0) is 0 Å². The van der Waals surface area contributed by atoms with Crippen LogP contribution in [-0.4, -0.2) is 30.8 Å². The Morgan fingerprint density at radius 3 is 2.93 bits per heavy atom. The number of hydrogen-bond donors (Lipinski definition) is 1. The first kappa shape index (κ1) is 10.9. The van der Waals surface area contributed by atoms with Crippen LogP contribution in [0.2, 0.25) is 0 Å². The fraction of sp³-hybridized carbons (Fsp3) is 0.500. The summed E-state index contributed by atoms with van der Waals surface area (Å²) in [7, 11) is 0.669. The second kappa shape index (κ2) is 4.90. The van der Waals surface area contributed by atoms with Crippen LogP contribution in [0.1, 0.15) is 12.0 Å². The molecule has 14 heavy (non-hydrogen) atoms. The molecule has 6 heteroatoms. The van der Waals surface area contributed by atoms with Crippen LogP contribution in [0.15, 0.2) is 12.4 Å². The molecule has 0 saturated heterocycles. The molecule has 1 aromatic heterocycles. The Kier molecular flexibility index (Phi) is 3.82. The average Bonchev–Trinajstić information content (AvgIpc) is 2.48. The zero-order valence-electron chi connectivity index (χ0n) is 7.84. The van der Waals surface area contributed by atoms with Crippen molar-refractivity contribution in [2.45, 2.75) is 12.2 Å². The minimum Gasteiger partial charge on any atom is -0.481 e. The molecule has 0 aromatic carbocycles. The molecule has 1 unspecified atom stereocenters. The van der Waals surface area contributed by atoms with Crippen molar-refractivity contribution in [2.75, 3.05) is 5.75 Å². The highest BCUT2D eigenvalue weighted by Crippen LogP contribution is 2.02. The van der Waals surface area contributed by atoms with Gasteiger partial charge < -0.3 is 5.11 Å². The van der Waals surface area contributed by atoms with Crippen LogP contribution in [0.3, 0.4) is 0 Å². The molecule has 0 aliphatic heterocycles. The van der Waals surface area contributed by atoms with Gasteiger partial charge in [0.15, 0.2) is 0 Å². The van der Waals surface area contributed by atoms with Gasteiger partial charge in [-0.1, -0.05) is 0 Å². The largest absolute Gasteiger partial charge is 0.481 e. The Balaban J connectivity index is 2.37. The summed E-state index contributed by atoms with van der Waals surface area (Å²) in [5.74, 6) is -0.338. The van der Waals surface area contributed by atoms with E-state index in [-0.39, 0.29) is 12.2 Å². The molecule has 0 saturated carbocycles. The van der Waals surface area contributed by atoms with E-state index < -0.39 is 16.8 Å². The normalized spacial score (nSPS) is 12.6. The summed E-state index contributed by atoms with van der Waals surface area (Å²) >= 11 is 0. The predicted octanol–water partition coefficient (Wildman–Crippen LogP) is 0.143. The van der Waals surface area contributed by atoms with Crippen LogP contribution in [0.5, 0.6) is 0 Å². The van der Waals surface area contributed by atoms with Crippen molar-refractivity contribution in [3.63, 3.8) is 0 Å². The van der Waals surface area contributed by atoms with Crippen LogP contribution >= 0.6 is 0 Å². The van der Waals surface area contributed by atoms with E-state index in [1.165, 1.54) is 0 Å². The number of hydrogen-bond acceptors (Lipinski definition) is 3. The third kappa shape index (κ3) is 3.69. The Labute approximate surface area is 84.2 Å². The van der Waals surface area contributed by atoms with Gasteiger partial charge in [0.25, 0.3) is 0 Å². The maximum Gasteiger partial charge on any atom is 0.304 e. The Hall–Kier alpha value is -1.17. The Morgan fingerprint density at radius 1 is 1.71 bits per heavy atom. The molecule has 1 heterocycles. The fourth-order valence-corrected chi connectivity index (χ4v) is 2.07. The fourth-order valence-electron chi connectivity index (χ4n) is 1.01. The van der Waals surface area contributed by atoms with Gasteiger partial charge in [-0.25, -0.2) is 0 Å². The lowest BCUT2D eigenvalue weighted by Gasteiger charge is -1.96. The maximum atomic E-state index is 11.3. The van der Waals surface area contributed by atoms with Gasteiger partial charge in [0.2, 0.25) is 0 Å². The highest BCUT2D eigenvalue weighted by molar-refractivity contribution is 7.84. The van der Waals surface area contributed by atoms with Crippen molar-refractivity contribution >= 4 is 16.8 Å². The summed E-state index contributed by atoms with van der Waals surface area (Å²) in [5, 5.41) is 12.3. The van der Waals surface area contributed by atoms with Gasteiger partial charge >= 0.3 is 5.97 Å². The summed E-state index contributed by atoms with van der Waals surface area (Å²) in [5.41, 5.74) is 0.872. The van der Waals surface area contributed by atoms with E-state index in [9.17, 15) is 9.00 Å². The summed E-state index contributed by atoms with van der Waals surface area (Å²) in [6.45, 7) is 0. The van der Waals surface area contributed by atoms with Crippen molar-refractivity contribution < 1.29 is 14.1 Å². The standard InChI is InChI=1S/C8H12N2O3S/c1-10-5-7(4-9-10)6-14(13)3-2-8(11)12/h4-5H,2-3,6H2,1H3,(H,11,12). The molecule has 0 fully saturated rings. The lowest BCUT2D eigenvalue weighted by Crippen LogP contribution is -2.06. The van der Waals surface area contributed by atoms with E-state index in [1.54, 1.807) is 24.1 Å². The minimum absolute atomic E-state index is 0.0487. The molecule has 0 spiro atoms. The lowest BCUT2D eigenvalue weighted by atomic mass is 10.4. The van der Waals surface area contributed by atoms with Crippen molar-refractivity contribution in [2.24, 2.45) is 7.05 Å². The molecule has 0 aliphatic rings. The number of carboxylic acids is 1. The quantitative estimate of drug-likeness (QED) is 0.760. The average molecular weight is 216 g/mol. The van der Waals surface area contributed by atoms with Crippen LogP contribution < -0.4 is 0 Å². The molecule has 1 atom stereocenters. The maximum absolute atomic E-state index is 11.3. The molecule has 0 aliphatic carbocycles. The van der Waals surface area contributed by atoms with E-state index in [0.717, 1.165) is 5.56 Å². The number of nitrogens with zero attached hydrogens (tertiary/aromatic N) is 2. The topological polar surface area (TPSA) is 72.2 Å². The van der Waals surface area contributed by atoms with Gasteiger partial charge in [0, 0.05) is 35.4 Å². The minimum atomic E-state index is -1.11. The van der Waals surface area contributed by atoms with Crippen molar-refractivity contribution in [1.82, 2.24) is 9.78 Å². The van der Waals surface area contributed by atoms with Crippen molar-refractivity contribution in [1.29, 1.82) is 0 Å². The molecular weight excluding hydrogens is 204 g/mol. The van der Waals surface area contributed by atoms with E-state index in [4.69, 9.17) is 5.11 Å². The summed E-state index contributed by atoms with van der Waals surface area (Å²) in [6.07, 6.45) is 3.37. The lowest BCUT2D eigenvalue weighted by molar-refractivity contribution is -0.136. The molecule has 1 N–H and O–H groups in total. The third-order valence-electron chi connectivity index (χ3n) is 1.63. The highest BCUT2D eigenvalue weighted by atomic mass is 32.2. The monoisotopic (exact) mass is 216 g/mol. The molecule has 0 bridgehead atoms. The van der Waals surface area contributed by atoms with E-state index in [1.807, 2.05) is 0 Å². The number of carbonyl (C=O) groups is 1. The van der Waals surface area contributed by atoms with E-state index >= 15 is 0 Å². The van der Waals surface area contributed by atoms with Crippen molar-refractivity contribution in [3.8, 4) is 0 Å². The first-order valence-corrected chi connectivity index (χ1v) is 5.61. The molecule has 1 rings (SSSR count). The SMILES string of the molecule is Cn1cc(CS(=O)CCC(=O)O)cn1. The number of carboxylic acid groups (broad SMARTS) is 1. The van der Waals surface area contributed by atoms with Gasteiger partial charge in [0.05, 0.1) is 18.4 Å². The number of aromatic nitrogens is 2. The first-order valence-electron chi connectivity index (χ1n) is 4.12. The number of aliphatic carboxylic acids is 1. The third-order valence-corrected chi connectivity index (χ3v) is 2.94. The second-order valence-corrected chi connectivity index (χ2v) is 4.53. The Bertz CT molecular complexity index is 348. The van der Waals surface area contributed by atoms with Gasteiger partial charge in [-0.2, -0.15) is 5.10 Å². The number of rotatable bonds is 5. The molecule has 0 radical (unpaired) electrons. The van der Waals surface area contributed by atoms with E-state index in [2.05, 4.69) is 5.10 Å². The molecule has 1 aromatic rings. The van der Waals surface area contributed by atoms with Gasteiger partial charge in [-0.3, -0.25) is 13.7 Å². The molecule has 0 amide bonds. The number of aryl methyl sites for hydroxylation is 1. The molecular formula is C8H12N2O3S. The van der Waals surface area contributed by atoms with Crippen LogP contribution in [0.4, 0.5) is 0 Å². The summed E-state index contributed by atoms with van der Waals surface area (Å²) in [6, 6.07) is 0. The highest BCUT2D eigenvalue weighted by Gasteiger charge is 2.06. The van der Waals surface area contributed by atoms with E-state index in [0.29, 0.717) is 5.75 Å². The first-order chi connectivity index (χ1) is 6.58. The van der Waals surface area contributed by atoms with Crippen LogP contribution in [-0.2, 0) is 28.4 Å². The zero-order chi connectivity index (χ0) is 10.6. The predicted molar refractivity (Wildman–Crippen MR) is 52.2 cm³/mol. The van der Waals surface area contributed by atoms with Gasteiger partial charge in [0.1, 0.15) is 0 Å². The summed E-state index contributed by atoms with van der Waals surface area (Å²) in [4.78, 5) is 10.2. The van der Waals surface area contributed by atoms with Crippen LogP contribution in [0, 0.1) is 0 Å². The second-order valence-electron chi connectivity index (χ2n) is 2.95. The van der Waals surface area contributed by atoms with Crippen LogP contribution in [0.25, 0.3) is 0 Å². The smallest absolute Gasteiger partial charge is 0.304 e. The Morgan fingerprint density at radius 2 is 2.43 bits per heavy atom. The summed E-state index contributed by atoms with van der Waals surface area (Å²) < 4.78 is 13.0. The van der Waals surface area contributed by atoms with Gasteiger partial charge in [-0.15, -0.1) is 0 Å². The molecule has 78 valence electrons.